The van der Waals surface area contributed by atoms with E-state index in [2.05, 4.69) is 105 Å². The van der Waals surface area contributed by atoms with E-state index in [9.17, 15) is 0 Å². The standard InChI is InChI=1S/C23H16N.C21H26NSi.Ir/c1-4-10-18(11-5-1)21-16-22(19-12-6-2-7-13-19)24-23(17-21)20-14-8-3-9-15-20;1-23(2,3)21-14-22-20(16-7-5-4-6-8-16)13-19(21)12-18-11-15-9-17(18)10-15;/h1-14,16-17H;4-7,13-15,17-18H,9-12H2,1-3H3;/q2*-1;. The zero-order valence-electron chi connectivity index (χ0n) is 28.0. The van der Waals surface area contributed by atoms with Crippen molar-refractivity contribution in [1.29, 1.82) is 0 Å². The van der Waals surface area contributed by atoms with E-state index in [4.69, 9.17) is 9.97 Å². The molecule has 1 unspecified atom stereocenters. The molecule has 0 saturated heterocycles. The van der Waals surface area contributed by atoms with Crippen LogP contribution in [0.2, 0.25) is 19.6 Å². The normalized spacial score (nSPS) is 17.8. The van der Waals surface area contributed by atoms with Gasteiger partial charge in [-0.1, -0.05) is 98.0 Å². The Kier molecular flexibility index (Phi) is 10.7. The van der Waals surface area contributed by atoms with Gasteiger partial charge in [0.2, 0.25) is 0 Å². The van der Waals surface area contributed by atoms with Gasteiger partial charge in [0, 0.05) is 26.3 Å². The van der Waals surface area contributed by atoms with E-state index >= 15 is 0 Å². The topological polar surface area (TPSA) is 25.8 Å². The van der Waals surface area contributed by atoms with Gasteiger partial charge < -0.3 is 4.98 Å². The molecule has 0 N–H and O–H groups in total. The molecule has 2 aromatic heterocycles. The fourth-order valence-corrected chi connectivity index (χ4v) is 8.92. The summed E-state index contributed by atoms with van der Waals surface area (Å²) in [6, 6.07) is 50.1. The first-order valence-electron chi connectivity index (χ1n) is 17.0. The van der Waals surface area contributed by atoms with Crippen LogP contribution in [0, 0.1) is 29.9 Å². The Balaban J connectivity index is 0.000000164. The molecule has 6 aromatic rings. The molecular weight excluding hydrogens is 777 g/mol. The van der Waals surface area contributed by atoms with Crippen molar-refractivity contribution < 1.29 is 20.1 Å². The van der Waals surface area contributed by atoms with Crippen molar-refractivity contribution >= 4 is 13.3 Å². The molecule has 1 radical (unpaired) electrons. The van der Waals surface area contributed by atoms with E-state index < -0.39 is 8.07 Å². The molecule has 0 aliphatic heterocycles. The van der Waals surface area contributed by atoms with Crippen LogP contribution >= 0.6 is 0 Å². The molecule has 0 amide bonds. The minimum atomic E-state index is -1.35. The van der Waals surface area contributed by atoms with Crippen LogP contribution in [0.5, 0.6) is 0 Å². The van der Waals surface area contributed by atoms with E-state index in [1.54, 1.807) is 10.8 Å². The van der Waals surface area contributed by atoms with Crippen LogP contribution in [0.15, 0.2) is 134 Å². The summed E-state index contributed by atoms with van der Waals surface area (Å²) in [5.41, 5.74) is 10.2. The molecule has 3 fully saturated rings. The van der Waals surface area contributed by atoms with Crippen molar-refractivity contribution in [3.63, 3.8) is 0 Å². The average molecular weight is 819 g/mol. The molecule has 4 heteroatoms. The second-order valence-electron chi connectivity index (χ2n) is 14.2. The molecule has 3 saturated carbocycles. The largest absolute Gasteiger partial charge is 0.305 e. The maximum absolute atomic E-state index is 4.87. The zero-order valence-corrected chi connectivity index (χ0v) is 31.4. The molecule has 2 nitrogen and oxygen atoms in total. The molecule has 9 rings (SSSR count). The summed E-state index contributed by atoms with van der Waals surface area (Å²) in [7, 11) is -1.35. The van der Waals surface area contributed by atoms with E-state index in [1.165, 1.54) is 31.2 Å². The van der Waals surface area contributed by atoms with Crippen LogP contribution in [-0.2, 0) is 26.5 Å². The fraction of sp³-hybridized carbons (Fsp3) is 0.227. The Bertz CT molecular complexity index is 1780. The number of pyridine rings is 2. The first-order chi connectivity index (χ1) is 22.9. The van der Waals surface area contributed by atoms with Crippen LogP contribution < -0.4 is 5.19 Å². The summed E-state index contributed by atoms with van der Waals surface area (Å²) >= 11 is 0. The SMILES string of the molecule is C[Si](C)(C)c1cnc(-c2[c-]cccc2)cc1CC1CC2CC1C2.[Ir].[c-]1ccccc1-c1cc(-c2ccccc2)cc(-c2ccccc2)n1. The van der Waals surface area contributed by atoms with Crippen LogP contribution in [0.4, 0.5) is 0 Å². The molecule has 2 heterocycles. The molecule has 4 aromatic carbocycles. The van der Waals surface area contributed by atoms with Crippen molar-refractivity contribution in [3.8, 4) is 44.9 Å². The van der Waals surface area contributed by atoms with Gasteiger partial charge in [-0.25, -0.2) is 0 Å². The van der Waals surface area contributed by atoms with Gasteiger partial charge >= 0.3 is 0 Å². The van der Waals surface area contributed by atoms with E-state index in [0.717, 1.165) is 57.1 Å². The van der Waals surface area contributed by atoms with Gasteiger partial charge in [-0.05, 0) is 82.8 Å². The number of fused-ring (bicyclic) bond motifs is 1. The van der Waals surface area contributed by atoms with Crippen LogP contribution in [0.25, 0.3) is 44.9 Å². The molecule has 243 valence electrons. The molecule has 2 bridgehead atoms. The molecule has 1 atom stereocenters. The van der Waals surface area contributed by atoms with Crippen LogP contribution in [0.1, 0.15) is 24.8 Å². The Morgan fingerprint density at radius 3 is 1.77 bits per heavy atom. The zero-order chi connectivity index (χ0) is 32.2. The molecule has 3 aliphatic carbocycles. The number of rotatable bonds is 7. The van der Waals surface area contributed by atoms with Crippen LogP contribution in [-0.4, -0.2) is 18.0 Å². The number of nitrogens with zero attached hydrogens (tertiary/aromatic N) is 2. The summed E-state index contributed by atoms with van der Waals surface area (Å²) in [6.07, 6.45) is 7.90. The number of hydrogen-bond donors (Lipinski definition) is 0. The number of hydrogen-bond acceptors (Lipinski definition) is 2. The van der Waals surface area contributed by atoms with Gasteiger partial charge in [0.15, 0.2) is 0 Å². The quantitative estimate of drug-likeness (QED) is 0.118. The minimum Gasteiger partial charge on any atom is -0.305 e. The first-order valence-corrected chi connectivity index (χ1v) is 20.5. The van der Waals surface area contributed by atoms with Gasteiger partial charge in [-0.3, -0.25) is 4.98 Å². The third kappa shape index (κ3) is 7.84. The van der Waals surface area contributed by atoms with Gasteiger partial charge in [0.1, 0.15) is 0 Å². The molecular formula is C44H42IrN2Si-2. The molecule has 0 spiro atoms. The van der Waals surface area contributed by atoms with Crippen LogP contribution in [0.3, 0.4) is 0 Å². The Labute approximate surface area is 301 Å². The average Bonchev–Trinajstić information content (AvgIpc) is 3.69. The van der Waals surface area contributed by atoms with Crippen molar-refractivity contribution in [2.45, 2.75) is 45.3 Å². The van der Waals surface area contributed by atoms with Crippen molar-refractivity contribution in [1.82, 2.24) is 9.97 Å². The fourth-order valence-electron chi connectivity index (χ4n) is 7.33. The van der Waals surface area contributed by atoms with Gasteiger partial charge in [0.25, 0.3) is 0 Å². The second kappa shape index (κ2) is 15.1. The summed E-state index contributed by atoms with van der Waals surface area (Å²) in [5, 5.41) is 1.56. The summed E-state index contributed by atoms with van der Waals surface area (Å²) < 4.78 is 0. The molecule has 48 heavy (non-hydrogen) atoms. The predicted octanol–water partition coefficient (Wildman–Crippen LogP) is 10.6. The maximum Gasteiger partial charge on any atom is 0.0798 e. The first kappa shape index (κ1) is 33.9. The minimum absolute atomic E-state index is 0. The van der Waals surface area contributed by atoms with Gasteiger partial charge in [0.05, 0.1) is 13.8 Å². The monoisotopic (exact) mass is 819 g/mol. The van der Waals surface area contributed by atoms with Gasteiger partial charge in [-0.15, -0.1) is 71.8 Å². The third-order valence-corrected chi connectivity index (χ3v) is 11.9. The maximum atomic E-state index is 4.87. The Morgan fingerprint density at radius 2 is 1.21 bits per heavy atom. The smallest absolute Gasteiger partial charge is 0.0798 e. The third-order valence-electron chi connectivity index (χ3n) is 9.83. The number of aromatic nitrogens is 2. The van der Waals surface area contributed by atoms with Crippen molar-refractivity contribution in [2.24, 2.45) is 17.8 Å². The van der Waals surface area contributed by atoms with Crippen molar-refractivity contribution in [3.05, 3.63) is 151 Å². The predicted molar refractivity (Wildman–Crippen MR) is 199 cm³/mol. The van der Waals surface area contributed by atoms with Crippen molar-refractivity contribution in [2.75, 3.05) is 0 Å². The number of benzene rings is 4. The van der Waals surface area contributed by atoms with E-state index in [0.29, 0.717) is 0 Å². The second-order valence-corrected chi connectivity index (χ2v) is 19.2. The van der Waals surface area contributed by atoms with E-state index in [1.807, 2.05) is 60.7 Å². The van der Waals surface area contributed by atoms with Gasteiger partial charge in [-0.2, -0.15) is 0 Å². The van der Waals surface area contributed by atoms with E-state index in [-0.39, 0.29) is 20.1 Å². The molecule has 3 aliphatic rings. The Hall–Kier alpha value is -3.95. The summed E-state index contributed by atoms with van der Waals surface area (Å²) in [4.78, 5) is 9.65. The Morgan fingerprint density at radius 1 is 0.625 bits per heavy atom. The summed E-state index contributed by atoms with van der Waals surface area (Å²) in [5.74, 6) is 2.98. The summed E-state index contributed by atoms with van der Waals surface area (Å²) in [6.45, 7) is 7.32.